The molecule has 11 heteroatoms. The fourth-order valence-electron chi connectivity index (χ4n) is 4.98. The van der Waals surface area contributed by atoms with E-state index in [2.05, 4.69) is 37.4 Å². The molecule has 4 rings (SSSR count). The molecule has 1 aromatic carbocycles. The van der Waals surface area contributed by atoms with Crippen molar-refractivity contribution in [2.75, 3.05) is 23.8 Å². The van der Waals surface area contributed by atoms with Crippen molar-refractivity contribution >= 4 is 27.6 Å². The second-order valence-corrected chi connectivity index (χ2v) is 13.5. The zero-order valence-corrected chi connectivity index (χ0v) is 25.1. The van der Waals surface area contributed by atoms with Gasteiger partial charge in [-0.05, 0) is 74.4 Å². The number of halogens is 1. The van der Waals surface area contributed by atoms with E-state index in [-0.39, 0.29) is 32.1 Å². The number of nitrogen functional groups attached to an aromatic ring is 1. The van der Waals surface area contributed by atoms with Gasteiger partial charge in [0.15, 0.2) is 5.03 Å². The molecule has 1 fully saturated rings. The molecule has 0 bridgehead atoms. The Balaban J connectivity index is 0.00000323. The van der Waals surface area contributed by atoms with Crippen LogP contribution in [0.25, 0.3) is 11.3 Å². The van der Waals surface area contributed by atoms with Crippen molar-refractivity contribution in [2.24, 2.45) is 17.8 Å². The van der Waals surface area contributed by atoms with E-state index in [4.69, 9.17) is 15.5 Å². The van der Waals surface area contributed by atoms with E-state index in [0.717, 1.165) is 6.42 Å². The average molecular weight is 590 g/mol. The zero-order valence-electron chi connectivity index (χ0n) is 24.3. The number of hydrogen-bond acceptors (Lipinski definition) is 8. The van der Waals surface area contributed by atoms with Crippen LogP contribution in [-0.4, -0.2) is 43.0 Å². The number of amides is 1. The molecule has 3 aromatic rings. The zero-order chi connectivity index (χ0) is 30.1. The van der Waals surface area contributed by atoms with Crippen LogP contribution in [0.5, 0.6) is 5.75 Å². The summed E-state index contributed by atoms with van der Waals surface area (Å²) in [7, 11) is -4.31. The molecule has 1 saturated heterocycles. The number of nitrogens with two attached hydrogens (primary N) is 1. The Morgan fingerprint density at radius 3 is 2.54 bits per heavy atom. The fraction of sp³-hybridized carbons (Fsp3) is 0.433. The van der Waals surface area contributed by atoms with Gasteiger partial charge in [-0.3, -0.25) is 4.79 Å². The summed E-state index contributed by atoms with van der Waals surface area (Å²) in [6.45, 7) is 13.5. The highest BCUT2D eigenvalue weighted by Gasteiger charge is 2.42. The molecule has 0 radical (unpaired) electrons. The summed E-state index contributed by atoms with van der Waals surface area (Å²) < 4.78 is 48.5. The molecule has 0 saturated carbocycles. The van der Waals surface area contributed by atoms with E-state index < -0.39 is 21.7 Å². The molecular formula is C30H44FN5O4S. The van der Waals surface area contributed by atoms with Crippen LogP contribution in [0.4, 0.5) is 16.0 Å². The highest BCUT2D eigenvalue weighted by molar-refractivity contribution is 7.90. The number of nitrogens with one attached hydrogen (secondary N) is 1. The number of ether oxygens (including phenoxy) is 1. The van der Waals surface area contributed by atoms with Crippen LogP contribution in [0, 0.1) is 23.6 Å². The number of aromatic nitrogens is 2. The lowest BCUT2D eigenvalue weighted by molar-refractivity contribution is 0.0981. The molecule has 1 aliphatic heterocycles. The van der Waals surface area contributed by atoms with Crippen LogP contribution in [0.1, 0.15) is 62.6 Å². The summed E-state index contributed by atoms with van der Waals surface area (Å²) in [6.07, 6.45) is 0.857. The van der Waals surface area contributed by atoms with Crippen LogP contribution in [0.2, 0.25) is 0 Å². The van der Waals surface area contributed by atoms with Crippen LogP contribution < -0.4 is 20.1 Å². The first-order valence-corrected chi connectivity index (χ1v) is 15.2. The minimum absolute atomic E-state index is 0. The first-order valence-electron chi connectivity index (χ1n) is 13.7. The molecule has 9 nitrogen and oxygen atoms in total. The van der Waals surface area contributed by atoms with Crippen molar-refractivity contribution in [3.05, 3.63) is 59.9 Å². The molecule has 3 N–H and O–H groups in total. The van der Waals surface area contributed by atoms with Gasteiger partial charge in [-0.1, -0.05) is 33.8 Å². The van der Waals surface area contributed by atoms with Gasteiger partial charge in [0.2, 0.25) is 0 Å². The van der Waals surface area contributed by atoms with E-state index in [1.54, 1.807) is 12.1 Å². The van der Waals surface area contributed by atoms with E-state index in [1.165, 1.54) is 36.4 Å². The quantitative estimate of drug-likeness (QED) is 0.310. The Bertz CT molecular complexity index is 1560. The predicted molar refractivity (Wildman–Crippen MR) is 164 cm³/mol. The van der Waals surface area contributed by atoms with Crippen LogP contribution in [0.15, 0.2) is 53.6 Å². The van der Waals surface area contributed by atoms with Gasteiger partial charge in [-0.15, -0.1) is 0 Å². The summed E-state index contributed by atoms with van der Waals surface area (Å²) in [5.41, 5.74) is 6.26. The lowest BCUT2D eigenvalue weighted by Crippen LogP contribution is -2.41. The number of benzene rings is 1. The summed E-state index contributed by atoms with van der Waals surface area (Å²) in [4.78, 5) is 24.3. The molecule has 0 aliphatic carbocycles. The Hall–Kier alpha value is -3.73. The van der Waals surface area contributed by atoms with Crippen molar-refractivity contribution in [3.8, 4) is 17.0 Å². The van der Waals surface area contributed by atoms with E-state index in [9.17, 15) is 17.6 Å². The van der Waals surface area contributed by atoms with Gasteiger partial charge in [-0.25, -0.2) is 19.1 Å². The van der Waals surface area contributed by atoms with Crippen LogP contribution >= 0.6 is 0 Å². The maximum absolute atomic E-state index is 14.6. The lowest BCUT2D eigenvalue weighted by Gasteiger charge is -2.34. The Kier molecular flexibility index (Phi) is 8.58. The van der Waals surface area contributed by atoms with E-state index in [0.29, 0.717) is 47.8 Å². The monoisotopic (exact) mass is 589 g/mol. The number of anilines is 2. The Morgan fingerprint density at radius 2 is 1.90 bits per heavy atom. The van der Waals surface area contributed by atoms with Crippen molar-refractivity contribution in [3.63, 3.8) is 0 Å². The summed E-state index contributed by atoms with van der Waals surface area (Å²) in [6, 6.07) is 11.6. The number of carbonyl (C=O) groups excluding carboxylic acids is 1. The standard InChI is InChI=1S/C30H38FN5O4S.3H2/c1-18(2)17-40-23-13-20(12-22(31)14-23)25-11-10-24(28(33-25)36-16-21(19(3)4)15-30(36,5)6)29(37)35-41(38,39)27-9-7-8-26(32)34-27;;;/h7-14,18-19,21H,15-17H2,1-6H3,(H2,32,34)(H,35,37);3*1H. The minimum atomic E-state index is -4.31. The third-order valence-electron chi connectivity index (χ3n) is 7.23. The number of pyridine rings is 2. The largest absolute Gasteiger partial charge is 0.493 e. The minimum Gasteiger partial charge on any atom is -0.493 e. The molecule has 3 heterocycles. The van der Waals surface area contributed by atoms with Crippen LogP contribution in [0.3, 0.4) is 0 Å². The predicted octanol–water partition coefficient (Wildman–Crippen LogP) is 6.02. The molecule has 2 aromatic heterocycles. The van der Waals surface area contributed by atoms with Crippen LogP contribution in [-0.2, 0) is 10.0 Å². The van der Waals surface area contributed by atoms with Gasteiger partial charge in [-0.2, -0.15) is 8.42 Å². The lowest BCUT2D eigenvalue weighted by atomic mass is 9.89. The summed E-state index contributed by atoms with van der Waals surface area (Å²) >= 11 is 0. The third-order valence-corrected chi connectivity index (χ3v) is 8.46. The van der Waals surface area contributed by atoms with Crippen molar-refractivity contribution in [2.45, 2.75) is 58.5 Å². The van der Waals surface area contributed by atoms with Gasteiger partial charge >= 0.3 is 0 Å². The summed E-state index contributed by atoms with van der Waals surface area (Å²) in [5.74, 6) is 0.349. The van der Waals surface area contributed by atoms with Gasteiger partial charge in [0, 0.05) is 28.0 Å². The average Bonchev–Trinajstić information content (AvgIpc) is 3.21. The molecule has 1 amide bonds. The molecule has 41 heavy (non-hydrogen) atoms. The number of carbonyl (C=O) groups is 1. The number of rotatable bonds is 9. The fourth-order valence-corrected chi connectivity index (χ4v) is 5.92. The maximum atomic E-state index is 14.6. The van der Waals surface area contributed by atoms with Crippen molar-refractivity contribution in [1.29, 1.82) is 0 Å². The molecule has 226 valence electrons. The smallest absolute Gasteiger partial charge is 0.281 e. The number of nitrogens with zero attached hydrogens (tertiary/aromatic N) is 3. The Morgan fingerprint density at radius 1 is 1.17 bits per heavy atom. The second-order valence-electron chi connectivity index (χ2n) is 11.9. The van der Waals surface area contributed by atoms with Gasteiger partial charge in [0.1, 0.15) is 23.2 Å². The summed E-state index contributed by atoms with van der Waals surface area (Å²) in [5, 5.41) is -0.368. The topological polar surface area (TPSA) is 128 Å². The molecule has 1 atom stereocenters. The second kappa shape index (κ2) is 11.6. The third kappa shape index (κ3) is 6.95. The highest BCUT2D eigenvalue weighted by Crippen LogP contribution is 2.41. The molecule has 0 spiro atoms. The maximum Gasteiger partial charge on any atom is 0.281 e. The normalized spacial score (nSPS) is 16.8. The molecule has 1 unspecified atom stereocenters. The highest BCUT2D eigenvalue weighted by atomic mass is 32.2. The number of hydrogen-bond donors (Lipinski definition) is 2. The number of sulfonamides is 1. The first kappa shape index (κ1) is 30.2. The molecule has 1 aliphatic rings. The SMILES string of the molecule is CC(C)COc1cc(F)cc(-c2ccc(C(=O)NS(=O)(=O)c3cccc(N)n3)c(N3CC(C(C)C)CC3(C)C)n2)c1.[HH].[HH].[HH]. The Labute approximate surface area is 245 Å². The van der Waals surface area contributed by atoms with Gasteiger partial charge in [0.05, 0.1) is 17.9 Å². The van der Waals surface area contributed by atoms with Crippen molar-refractivity contribution < 1.29 is 26.6 Å². The first-order chi connectivity index (χ1) is 19.2. The van der Waals surface area contributed by atoms with Gasteiger partial charge < -0.3 is 15.4 Å². The van der Waals surface area contributed by atoms with E-state index >= 15 is 0 Å². The van der Waals surface area contributed by atoms with E-state index in [1.807, 2.05) is 18.7 Å². The van der Waals surface area contributed by atoms with Gasteiger partial charge in [0.25, 0.3) is 15.9 Å². The van der Waals surface area contributed by atoms with Crippen molar-refractivity contribution in [1.82, 2.24) is 14.7 Å². The molecular weight excluding hydrogens is 545 g/mol.